The summed E-state index contributed by atoms with van der Waals surface area (Å²) in [6.07, 6.45) is 5.17. The van der Waals surface area contributed by atoms with Crippen LogP contribution in [0.5, 0.6) is 5.75 Å². The van der Waals surface area contributed by atoms with E-state index in [1.807, 2.05) is 6.92 Å². The van der Waals surface area contributed by atoms with Crippen LogP contribution in [-0.4, -0.2) is 49.4 Å². The maximum absolute atomic E-state index is 13.1. The lowest BCUT2D eigenvalue weighted by atomic mass is 9.45. The number of hydrogen-bond acceptors (Lipinski definition) is 7. The summed E-state index contributed by atoms with van der Waals surface area (Å²) in [7, 11) is -5.77. The molecule has 0 unspecified atom stereocenters. The molecule has 1 aromatic carbocycles. The van der Waals surface area contributed by atoms with Gasteiger partial charge in [-0.15, -0.1) is 0 Å². The maximum Gasteiger partial charge on any atom is 0.534 e. The average Bonchev–Trinajstić information content (AvgIpc) is 3.41. The molecule has 0 amide bonds. The van der Waals surface area contributed by atoms with Gasteiger partial charge < -0.3 is 18.8 Å². The summed E-state index contributed by atoms with van der Waals surface area (Å²) in [5, 5.41) is 12.0. The normalized spacial score (nSPS) is 40.4. The number of carbonyl (C=O) groups is 1. The highest BCUT2D eigenvalue weighted by Crippen LogP contribution is 2.66. The first-order valence-corrected chi connectivity index (χ1v) is 14.8. The highest BCUT2D eigenvalue weighted by Gasteiger charge is 2.65. The number of ether oxygens (including phenoxy) is 2. The summed E-state index contributed by atoms with van der Waals surface area (Å²) in [4.78, 5) is 13.1. The Balaban J connectivity index is 1.34. The van der Waals surface area contributed by atoms with Crippen molar-refractivity contribution in [2.75, 3.05) is 13.2 Å². The van der Waals surface area contributed by atoms with Gasteiger partial charge in [-0.1, -0.05) is 19.1 Å². The Morgan fingerprint density at radius 1 is 1.03 bits per heavy atom. The van der Waals surface area contributed by atoms with E-state index in [2.05, 4.69) is 4.18 Å². The fraction of sp³-hybridized carbons (Fsp3) is 0.741. The first-order chi connectivity index (χ1) is 17.8. The van der Waals surface area contributed by atoms with E-state index in [4.69, 9.17) is 9.47 Å². The van der Waals surface area contributed by atoms with Crippen molar-refractivity contribution in [1.82, 2.24) is 0 Å². The van der Waals surface area contributed by atoms with E-state index in [0.717, 1.165) is 24.8 Å². The first-order valence-electron chi connectivity index (χ1n) is 13.4. The number of Topliss-reactive ketones (excluding diaryl/α,β-unsaturated/α-hetero) is 1. The molecular weight excluding hydrogens is 525 g/mol. The summed E-state index contributed by atoms with van der Waals surface area (Å²) in [5.74, 6) is -0.537. The molecule has 1 aromatic rings. The molecule has 0 bridgehead atoms. The first kappa shape index (κ1) is 26.5. The second kappa shape index (κ2) is 8.65. The lowest BCUT2D eigenvalue weighted by molar-refractivity contribution is -0.257. The molecule has 7 nitrogen and oxygen atoms in total. The minimum atomic E-state index is -5.77. The van der Waals surface area contributed by atoms with Crippen LogP contribution in [0.3, 0.4) is 0 Å². The zero-order valence-corrected chi connectivity index (χ0v) is 22.0. The molecule has 11 heteroatoms. The highest BCUT2D eigenvalue weighted by atomic mass is 32.2. The number of halogens is 3. The maximum atomic E-state index is 13.1. The Bertz CT molecular complexity index is 1210. The second-order valence-electron chi connectivity index (χ2n) is 12.2. The second-order valence-corrected chi connectivity index (χ2v) is 13.7. The molecule has 0 radical (unpaired) electrons. The molecule has 38 heavy (non-hydrogen) atoms. The van der Waals surface area contributed by atoms with Crippen molar-refractivity contribution in [3.8, 4) is 5.75 Å². The van der Waals surface area contributed by atoms with E-state index >= 15 is 0 Å². The van der Waals surface area contributed by atoms with Crippen LogP contribution in [-0.2, 0) is 24.4 Å². The number of aliphatic hydroxyl groups is 1. The van der Waals surface area contributed by atoms with E-state index in [-0.39, 0.29) is 35.4 Å². The van der Waals surface area contributed by atoms with Gasteiger partial charge >= 0.3 is 15.6 Å². The van der Waals surface area contributed by atoms with Gasteiger partial charge in [0.25, 0.3) is 0 Å². The van der Waals surface area contributed by atoms with E-state index in [1.165, 1.54) is 12.1 Å². The van der Waals surface area contributed by atoms with Crippen molar-refractivity contribution >= 4 is 15.9 Å². The number of fused-ring (bicyclic) bond motifs is 5. The minimum Gasteiger partial charge on any atom is -0.389 e. The number of rotatable bonds is 3. The third-order valence-electron chi connectivity index (χ3n) is 10.3. The Morgan fingerprint density at radius 2 is 1.71 bits per heavy atom. The van der Waals surface area contributed by atoms with Gasteiger partial charge in [-0.2, -0.15) is 21.6 Å². The molecule has 0 aromatic heterocycles. The van der Waals surface area contributed by atoms with Gasteiger partial charge in [0.15, 0.2) is 5.79 Å². The van der Waals surface area contributed by atoms with Crippen LogP contribution >= 0.6 is 0 Å². The molecule has 1 aliphatic heterocycles. The molecule has 1 heterocycles. The molecule has 5 aliphatic rings. The summed E-state index contributed by atoms with van der Waals surface area (Å²) < 4.78 is 77.5. The SMILES string of the molecule is C[C@]12C[C@H](c3ccc(OS(=O)(=O)C(F)(F)F)cc3)[C@H]3[C@@H](CC[C@@]4(O)CC5(CC[C@H]34)OCCO5)[C@@H]1CCC2=O. The van der Waals surface area contributed by atoms with Crippen molar-refractivity contribution in [3.63, 3.8) is 0 Å². The monoisotopic (exact) mass is 558 g/mol. The molecule has 1 saturated heterocycles. The van der Waals surface area contributed by atoms with Crippen LogP contribution in [0, 0.1) is 29.1 Å². The highest BCUT2D eigenvalue weighted by molar-refractivity contribution is 7.88. The van der Waals surface area contributed by atoms with Gasteiger partial charge in [0.1, 0.15) is 11.5 Å². The molecular formula is C27H33F3O7S. The van der Waals surface area contributed by atoms with Crippen LogP contribution in [0.1, 0.15) is 69.8 Å². The Kier molecular flexibility index (Phi) is 6.04. The summed E-state index contributed by atoms with van der Waals surface area (Å²) >= 11 is 0. The van der Waals surface area contributed by atoms with Crippen LogP contribution in [0.25, 0.3) is 0 Å². The number of ketones is 1. The van der Waals surface area contributed by atoms with Crippen LogP contribution < -0.4 is 4.18 Å². The van der Waals surface area contributed by atoms with Gasteiger partial charge in [-0.05, 0) is 79.4 Å². The van der Waals surface area contributed by atoms with Crippen molar-refractivity contribution in [2.24, 2.45) is 29.1 Å². The largest absolute Gasteiger partial charge is 0.534 e. The number of benzene rings is 1. The molecule has 4 aliphatic carbocycles. The molecule has 1 spiro atoms. The Hall–Kier alpha value is -1.69. The van der Waals surface area contributed by atoms with Crippen LogP contribution in [0.2, 0.25) is 0 Å². The van der Waals surface area contributed by atoms with Crippen molar-refractivity contribution in [3.05, 3.63) is 29.8 Å². The van der Waals surface area contributed by atoms with Gasteiger partial charge in [0.05, 0.1) is 18.8 Å². The topological polar surface area (TPSA) is 99.1 Å². The summed E-state index contributed by atoms with van der Waals surface area (Å²) in [6.45, 7) is 3.06. The molecule has 6 rings (SSSR count). The third kappa shape index (κ3) is 4.02. The van der Waals surface area contributed by atoms with Crippen molar-refractivity contribution in [2.45, 2.75) is 81.1 Å². The number of alkyl halides is 3. The van der Waals surface area contributed by atoms with E-state index < -0.39 is 38.2 Å². The van der Waals surface area contributed by atoms with Gasteiger partial charge in [0.2, 0.25) is 0 Å². The summed E-state index contributed by atoms with van der Waals surface area (Å²) in [6, 6.07) is 5.69. The van der Waals surface area contributed by atoms with Crippen molar-refractivity contribution in [1.29, 1.82) is 0 Å². The fourth-order valence-electron chi connectivity index (χ4n) is 8.78. The van der Waals surface area contributed by atoms with Crippen LogP contribution in [0.15, 0.2) is 24.3 Å². The van der Waals surface area contributed by atoms with Crippen molar-refractivity contribution < 1.29 is 45.1 Å². The lowest BCUT2D eigenvalue weighted by Gasteiger charge is -2.61. The number of hydrogen-bond donors (Lipinski definition) is 1. The molecule has 4 saturated carbocycles. The standard InChI is InChI=1S/C27H33F3O7S/c1-24-14-19(16-2-4-17(5-3-16)37-38(33,34)27(28,29)30)23-18(20(24)6-7-22(24)31)8-10-25(32)15-26(11-9-21(23)25)35-12-13-36-26/h2-5,18-21,23,32H,6-15H2,1H3/t18-,19+,20-,21+,23+,24-,25+/m0/s1. The average molecular weight is 559 g/mol. The zero-order valence-electron chi connectivity index (χ0n) is 21.2. The predicted molar refractivity (Wildman–Crippen MR) is 128 cm³/mol. The van der Waals surface area contributed by atoms with Gasteiger partial charge in [-0.25, -0.2) is 0 Å². The quantitative estimate of drug-likeness (QED) is 0.425. The zero-order chi connectivity index (χ0) is 27.1. The van der Waals surface area contributed by atoms with Crippen LogP contribution in [0.4, 0.5) is 13.2 Å². The number of carbonyl (C=O) groups excluding carboxylic acids is 1. The lowest BCUT2D eigenvalue weighted by Crippen LogP contribution is -2.61. The minimum absolute atomic E-state index is 0.0357. The molecule has 7 atom stereocenters. The Morgan fingerprint density at radius 3 is 2.37 bits per heavy atom. The molecule has 5 fully saturated rings. The predicted octanol–water partition coefficient (Wildman–Crippen LogP) is 4.69. The smallest absolute Gasteiger partial charge is 0.389 e. The summed E-state index contributed by atoms with van der Waals surface area (Å²) in [5.41, 5.74) is -6.17. The third-order valence-corrected chi connectivity index (χ3v) is 11.3. The van der Waals surface area contributed by atoms with E-state index in [1.54, 1.807) is 12.1 Å². The molecule has 1 N–H and O–H groups in total. The molecule has 210 valence electrons. The van der Waals surface area contributed by atoms with Gasteiger partial charge in [-0.3, -0.25) is 4.79 Å². The Labute approximate surface area is 220 Å². The van der Waals surface area contributed by atoms with E-state index in [9.17, 15) is 31.5 Å². The fourth-order valence-corrected chi connectivity index (χ4v) is 9.24. The van der Waals surface area contributed by atoms with E-state index in [0.29, 0.717) is 45.3 Å². The van der Waals surface area contributed by atoms with Gasteiger partial charge in [0, 0.05) is 24.7 Å².